The molecule has 168 valence electrons. The first-order valence-electron chi connectivity index (χ1n) is 11.4. The summed E-state index contributed by atoms with van der Waals surface area (Å²) in [5.74, 6) is 0.824. The molecule has 0 bridgehead atoms. The van der Waals surface area contributed by atoms with E-state index >= 15 is 0 Å². The molecule has 4 heterocycles. The van der Waals surface area contributed by atoms with Gasteiger partial charge in [0.15, 0.2) is 0 Å². The number of anilines is 1. The molecule has 0 aliphatic carbocycles. The maximum absolute atomic E-state index is 13.7. The molecular formula is C25H26N6OS. The van der Waals surface area contributed by atoms with E-state index in [1.54, 1.807) is 22.2 Å². The van der Waals surface area contributed by atoms with Crippen molar-refractivity contribution in [2.75, 3.05) is 18.0 Å². The monoisotopic (exact) mass is 458 g/mol. The largest absolute Gasteiger partial charge is 0.357 e. The highest BCUT2D eigenvalue weighted by Crippen LogP contribution is 2.32. The van der Waals surface area contributed by atoms with Crippen LogP contribution < -0.4 is 10.5 Å². The molecular weight excluding hydrogens is 432 g/mol. The second kappa shape index (κ2) is 9.20. The Hall–Kier alpha value is -3.44. The van der Waals surface area contributed by atoms with Gasteiger partial charge in [-0.2, -0.15) is 5.26 Å². The normalized spacial score (nSPS) is 14.4. The number of hydrogen-bond acceptors (Lipinski definition) is 6. The van der Waals surface area contributed by atoms with Crippen LogP contribution in [0.5, 0.6) is 0 Å². The van der Waals surface area contributed by atoms with Crippen LogP contribution in [0.4, 0.5) is 5.82 Å². The summed E-state index contributed by atoms with van der Waals surface area (Å²) in [7, 11) is 0. The number of fused-ring (bicyclic) bond motifs is 1. The third-order valence-corrected chi connectivity index (χ3v) is 7.02. The van der Waals surface area contributed by atoms with Gasteiger partial charge in [0.25, 0.3) is 5.56 Å². The van der Waals surface area contributed by atoms with Crippen LogP contribution in [-0.2, 0) is 13.1 Å². The Morgan fingerprint density at radius 2 is 1.85 bits per heavy atom. The molecule has 3 aromatic heterocycles. The van der Waals surface area contributed by atoms with E-state index in [1.165, 1.54) is 12.8 Å². The van der Waals surface area contributed by atoms with E-state index < -0.39 is 0 Å². The summed E-state index contributed by atoms with van der Waals surface area (Å²) in [6.45, 7) is 4.60. The predicted octanol–water partition coefficient (Wildman–Crippen LogP) is 4.31. The van der Waals surface area contributed by atoms with Gasteiger partial charge in [-0.25, -0.2) is 9.97 Å². The molecule has 1 aliphatic heterocycles. The van der Waals surface area contributed by atoms with Gasteiger partial charge in [-0.15, -0.1) is 11.3 Å². The topological polar surface area (TPSA) is 79.7 Å². The fraction of sp³-hybridized carbons (Fsp3) is 0.360. The number of aromatic nitrogens is 4. The summed E-state index contributed by atoms with van der Waals surface area (Å²) in [5.41, 5.74) is 3.26. The average molecular weight is 459 g/mol. The van der Waals surface area contributed by atoms with Crippen molar-refractivity contribution in [3.63, 3.8) is 0 Å². The maximum atomic E-state index is 13.7. The Kier molecular flexibility index (Phi) is 5.97. The molecule has 0 radical (unpaired) electrons. The maximum Gasteiger partial charge on any atom is 0.278 e. The van der Waals surface area contributed by atoms with Crippen LogP contribution in [0.3, 0.4) is 0 Å². The van der Waals surface area contributed by atoms with Crippen molar-refractivity contribution in [3.8, 4) is 6.07 Å². The van der Waals surface area contributed by atoms with Gasteiger partial charge in [-0.05, 0) is 25.3 Å². The smallest absolute Gasteiger partial charge is 0.278 e. The second-order valence-electron chi connectivity index (χ2n) is 8.52. The lowest BCUT2D eigenvalue weighted by Crippen LogP contribution is -2.28. The number of rotatable bonds is 5. The van der Waals surface area contributed by atoms with Crippen LogP contribution in [0.25, 0.3) is 11.0 Å². The first kappa shape index (κ1) is 21.4. The van der Waals surface area contributed by atoms with Gasteiger partial charge in [0.1, 0.15) is 28.5 Å². The molecule has 4 aromatic rings. The molecule has 0 spiro atoms. The molecule has 0 unspecified atom stereocenters. The van der Waals surface area contributed by atoms with Gasteiger partial charge in [0.05, 0.1) is 23.6 Å². The number of hydrogen-bond donors (Lipinski definition) is 0. The Morgan fingerprint density at radius 3 is 2.52 bits per heavy atom. The number of benzene rings is 1. The van der Waals surface area contributed by atoms with Gasteiger partial charge < -0.3 is 9.47 Å². The van der Waals surface area contributed by atoms with Crippen LogP contribution >= 0.6 is 11.3 Å². The summed E-state index contributed by atoms with van der Waals surface area (Å²) in [6, 6.07) is 12.5. The fourth-order valence-electron chi connectivity index (χ4n) is 4.65. The van der Waals surface area contributed by atoms with Crippen molar-refractivity contribution in [2.24, 2.45) is 0 Å². The van der Waals surface area contributed by atoms with E-state index in [0.717, 1.165) is 48.0 Å². The van der Waals surface area contributed by atoms with Gasteiger partial charge in [-0.1, -0.05) is 43.2 Å². The van der Waals surface area contributed by atoms with Crippen molar-refractivity contribution >= 4 is 28.2 Å². The zero-order valence-electron chi connectivity index (χ0n) is 18.7. The highest BCUT2D eigenvalue weighted by Gasteiger charge is 2.26. The molecule has 1 saturated heterocycles. The van der Waals surface area contributed by atoms with E-state index in [-0.39, 0.29) is 5.56 Å². The van der Waals surface area contributed by atoms with Crippen molar-refractivity contribution in [1.29, 1.82) is 5.26 Å². The lowest BCUT2D eigenvalue weighted by Gasteiger charge is -2.25. The van der Waals surface area contributed by atoms with Gasteiger partial charge >= 0.3 is 0 Å². The zero-order chi connectivity index (χ0) is 22.8. The second-order valence-corrected chi connectivity index (χ2v) is 9.58. The third-order valence-electron chi connectivity index (χ3n) is 6.20. The van der Waals surface area contributed by atoms with E-state index in [2.05, 4.69) is 33.1 Å². The molecule has 0 amide bonds. The molecule has 7 nitrogen and oxygen atoms in total. The molecule has 1 fully saturated rings. The summed E-state index contributed by atoms with van der Waals surface area (Å²) >= 11 is 1.57. The SMILES string of the molecule is Cc1nc(Cn2cnc3c(C#N)c(N4CCCCCC4)n(Cc4ccccc4)c3c2=O)cs1. The quantitative estimate of drug-likeness (QED) is 0.445. The minimum atomic E-state index is -0.140. The lowest BCUT2D eigenvalue weighted by molar-refractivity contribution is 0.708. The van der Waals surface area contributed by atoms with Gasteiger partial charge in [-0.3, -0.25) is 9.36 Å². The van der Waals surface area contributed by atoms with Crippen LogP contribution in [0.1, 0.15) is 47.5 Å². The summed E-state index contributed by atoms with van der Waals surface area (Å²) in [5, 5.41) is 13.1. The highest BCUT2D eigenvalue weighted by atomic mass is 32.1. The first-order valence-corrected chi connectivity index (χ1v) is 12.3. The zero-order valence-corrected chi connectivity index (χ0v) is 19.5. The Balaban J connectivity index is 1.71. The van der Waals surface area contributed by atoms with E-state index in [0.29, 0.717) is 29.7 Å². The molecule has 1 aliphatic rings. The number of aryl methyl sites for hydroxylation is 1. The van der Waals surface area contributed by atoms with Crippen LogP contribution in [-0.4, -0.2) is 32.2 Å². The van der Waals surface area contributed by atoms with Crippen LogP contribution in [0, 0.1) is 18.3 Å². The number of nitriles is 1. The molecule has 1 aromatic carbocycles. The average Bonchev–Trinajstić information content (AvgIpc) is 3.25. The Labute approximate surface area is 196 Å². The van der Waals surface area contributed by atoms with Crippen LogP contribution in [0.2, 0.25) is 0 Å². The fourth-order valence-corrected chi connectivity index (χ4v) is 5.26. The lowest BCUT2D eigenvalue weighted by atomic mass is 10.2. The van der Waals surface area contributed by atoms with Crippen molar-refractivity contribution in [3.05, 3.63) is 74.2 Å². The van der Waals surface area contributed by atoms with Gasteiger partial charge in [0.2, 0.25) is 0 Å². The standard InChI is InChI=1S/C25H26N6OS/c1-18-28-20(16-33-18)15-30-17-27-22-21(13-26)24(29-11-7-2-3-8-12-29)31(23(22)25(30)32)14-19-9-5-4-6-10-19/h4-6,9-10,16-17H,2-3,7-8,11-12,14-15H2,1H3. The summed E-state index contributed by atoms with van der Waals surface area (Å²) in [6.07, 6.45) is 6.10. The molecule has 0 saturated carbocycles. The van der Waals surface area contributed by atoms with Crippen molar-refractivity contribution < 1.29 is 0 Å². The first-order chi connectivity index (χ1) is 16.2. The van der Waals surface area contributed by atoms with Crippen molar-refractivity contribution in [1.82, 2.24) is 19.1 Å². The summed E-state index contributed by atoms with van der Waals surface area (Å²) < 4.78 is 3.62. The number of nitrogens with zero attached hydrogens (tertiary/aromatic N) is 6. The summed E-state index contributed by atoms with van der Waals surface area (Å²) in [4.78, 5) is 25.1. The molecule has 0 atom stereocenters. The molecule has 5 rings (SSSR count). The molecule has 0 N–H and O–H groups in total. The van der Waals surface area contributed by atoms with E-state index in [9.17, 15) is 10.1 Å². The third kappa shape index (κ3) is 4.16. The van der Waals surface area contributed by atoms with E-state index in [4.69, 9.17) is 0 Å². The van der Waals surface area contributed by atoms with Crippen LogP contribution in [0.15, 0.2) is 46.8 Å². The minimum absolute atomic E-state index is 0.140. The molecule has 33 heavy (non-hydrogen) atoms. The highest BCUT2D eigenvalue weighted by molar-refractivity contribution is 7.09. The Morgan fingerprint density at radius 1 is 1.09 bits per heavy atom. The van der Waals surface area contributed by atoms with E-state index in [1.807, 2.05) is 35.1 Å². The van der Waals surface area contributed by atoms with Gasteiger partial charge in [0, 0.05) is 25.0 Å². The van der Waals surface area contributed by atoms with Crippen molar-refractivity contribution in [2.45, 2.75) is 45.7 Å². The number of thiazole rings is 1. The molecule has 8 heteroatoms. The Bertz CT molecular complexity index is 1370. The predicted molar refractivity (Wildman–Crippen MR) is 131 cm³/mol. The minimum Gasteiger partial charge on any atom is -0.357 e.